The molecule has 0 N–H and O–H groups in total. The number of carbonyl (C=O) groups is 3. The Morgan fingerprint density at radius 1 is 0.929 bits per heavy atom. The minimum atomic E-state index is -0.660. The first-order chi connectivity index (χ1) is 13.5. The summed E-state index contributed by atoms with van der Waals surface area (Å²) in [5, 5.41) is 0. The van der Waals surface area contributed by atoms with Crippen LogP contribution in [0.5, 0.6) is 0 Å². The minimum absolute atomic E-state index is 0.0884. The molecule has 5 nitrogen and oxygen atoms in total. The molecule has 2 aromatic rings. The van der Waals surface area contributed by atoms with E-state index in [9.17, 15) is 14.4 Å². The molecule has 5 heteroatoms. The number of para-hydroxylation sites is 1. The van der Waals surface area contributed by atoms with Crippen LogP contribution in [0.2, 0.25) is 0 Å². The number of hydrogen-bond acceptors (Lipinski definition) is 4. The van der Waals surface area contributed by atoms with Crippen LogP contribution in [-0.2, 0) is 14.4 Å². The molecule has 2 saturated heterocycles. The summed E-state index contributed by atoms with van der Waals surface area (Å²) in [5.74, 6) is -1.80. The highest BCUT2D eigenvalue weighted by Crippen LogP contribution is 2.49. The van der Waals surface area contributed by atoms with Crippen molar-refractivity contribution in [1.82, 2.24) is 0 Å². The summed E-state index contributed by atoms with van der Waals surface area (Å²) in [6, 6.07) is 14.2. The Bertz CT molecular complexity index is 1040. The summed E-state index contributed by atoms with van der Waals surface area (Å²) in [5.41, 5.74) is 3.54. The molecule has 2 amide bonds. The van der Waals surface area contributed by atoms with Gasteiger partial charge in [0.2, 0.25) is 11.8 Å². The van der Waals surface area contributed by atoms with Gasteiger partial charge in [0.1, 0.15) is 6.04 Å². The van der Waals surface area contributed by atoms with Crippen LogP contribution in [0, 0.1) is 18.8 Å². The van der Waals surface area contributed by atoms with Gasteiger partial charge in [-0.15, -0.1) is 0 Å². The highest BCUT2D eigenvalue weighted by atomic mass is 16.2. The zero-order valence-electron chi connectivity index (χ0n) is 15.7. The fraction of sp³-hybridized carbons (Fsp3) is 0.261. The zero-order chi connectivity index (χ0) is 19.6. The predicted molar refractivity (Wildman–Crippen MR) is 107 cm³/mol. The van der Waals surface area contributed by atoms with Gasteiger partial charge in [0.05, 0.1) is 23.6 Å². The topological polar surface area (TPSA) is 57.7 Å². The maximum absolute atomic E-state index is 13.4. The van der Waals surface area contributed by atoms with Crippen molar-refractivity contribution in [2.45, 2.75) is 25.9 Å². The predicted octanol–water partition coefficient (Wildman–Crippen LogP) is 2.97. The van der Waals surface area contributed by atoms with E-state index in [0.717, 1.165) is 16.8 Å². The molecule has 2 aromatic carbocycles. The Morgan fingerprint density at radius 3 is 2.32 bits per heavy atom. The Balaban J connectivity index is 1.62. The lowest BCUT2D eigenvalue weighted by Gasteiger charge is -2.36. The summed E-state index contributed by atoms with van der Waals surface area (Å²) >= 11 is 0. The van der Waals surface area contributed by atoms with Crippen LogP contribution in [0.1, 0.15) is 18.1 Å². The molecule has 0 bridgehead atoms. The molecule has 3 heterocycles. The van der Waals surface area contributed by atoms with E-state index in [1.54, 1.807) is 12.1 Å². The molecule has 0 unspecified atom stereocenters. The summed E-state index contributed by atoms with van der Waals surface area (Å²) < 4.78 is 0. The lowest BCUT2D eigenvalue weighted by atomic mass is 9.88. The second-order valence-electron chi connectivity index (χ2n) is 7.77. The number of aryl methyl sites for hydroxylation is 1. The molecule has 2 fully saturated rings. The number of hydrogen-bond donors (Lipinski definition) is 0. The SMILES string of the molecule is CC(=O)[C@@H]1[C@@H]2C(=O)N(c3ccc(C)cc3)C(=O)[C@@H]2[C@H]2C=Cc3ccccc3N21. The van der Waals surface area contributed by atoms with Gasteiger partial charge < -0.3 is 4.90 Å². The second kappa shape index (κ2) is 5.89. The van der Waals surface area contributed by atoms with E-state index in [1.165, 1.54) is 11.8 Å². The normalized spacial score (nSPS) is 27.6. The summed E-state index contributed by atoms with van der Waals surface area (Å²) in [6.07, 6.45) is 3.95. The Labute approximate surface area is 163 Å². The minimum Gasteiger partial charge on any atom is -0.353 e. The molecule has 3 aliphatic heterocycles. The number of Topliss-reactive ketones (excluding diaryl/α,β-unsaturated/α-hetero) is 1. The highest BCUT2D eigenvalue weighted by molar-refractivity contribution is 6.24. The number of anilines is 2. The van der Waals surface area contributed by atoms with Crippen molar-refractivity contribution in [3.8, 4) is 0 Å². The molecular weight excluding hydrogens is 352 g/mol. The summed E-state index contributed by atoms with van der Waals surface area (Å²) in [7, 11) is 0. The largest absolute Gasteiger partial charge is 0.353 e. The van der Waals surface area contributed by atoms with Crippen molar-refractivity contribution in [2.75, 3.05) is 9.80 Å². The van der Waals surface area contributed by atoms with E-state index < -0.39 is 17.9 Å². The molecule has 0 saturated carbocycles. The van der Waals surface area contributed by atoms with Crippen molar-refractivity contribution in [2.24, 2.45) is 11.8 Å². The lowest BCUT2D eigenvalue weighted by molar-refractivity contribution is -0.126. The molecule has 0 spiro atoms. The number of benzene rings is 2. The monoisotopic (exact) mass is 372 g/mol. The first kappa shape index (κ1) is 16.9. The number of fused-ring (bicyclic) bond motifs is 5. The van der Waals surface area contributed by atoms with Gasteiger partial charge in [-0.2, -0.15) is 0 Å². The fourth-order valence-corrected chi connectivity index (χ4v) is 4.92. The van der Waals surface area contributed by atoms with Gasteiger partial charge in [-0.05, 0) is 37.6 Å². The molecule has 5 rings (SSSR count). The second-order valence-corrected chi connectivity index (χ2v) is 7.77. The third-order valence-electron chi connectivity index (χ3n) is 6.12. The first-order valence-electron chi connectivity index (χ1n) is 9.49. The molecule has 0 aromatic heterocycles. The molecular formula is C23H20N2O3. The zero-order valence-corrected chi connectivity index (χ0v) is 15.7. The number of amides is 2. The Kier molecular flexibility index (Phi) is 3.56. The maximum atomic E-state index is 13.4. The van der Waals surface area contributed by atoms with Crippen molar-refractivity contribution in [3.63, 3.8) is 0 Å². The van der Waals surface area contributed by atoms with Gasteiger partial charge in [0.15, 0.2) is 5.78 Å². The van der Waals surface area contributed by atoms with Gasteiger partial charge in [0.25, 0.3) is 0 Å². The van der Waals surface area contributed by atoms with Crippen LogP contribution < -0.4 is 9.80 Å². The van der Waals surface area contributed by atoms with E-state index in [0.29, 0.717) is 5.69 Å². The highest BCUT2D eigenvalue weighted by Gasteiger charge is 2.63. The average molecular weight is 372 g/mol. The number of ketones is 1. The fourth-order valence-electron chi connectivity index (χ4n) is 4.92. The van der Waals surface area contributed by atoms with Crippen LogP contribution in [-0.4, -0.2) is 29.7 Å². The van der Waals surface area contributed by atoms with Crippen LogP contribution >= 0.6 is 0 Å². The average Bonchev–Trinajstić information content (AvgIpc) is 3.16. The third-order valence-corrected chi connectivity index (χ3v) is 6.12. The molecule has 3 aliphatic rings. The lowest BCUT2D eigenvalue weighted by Crippen LogP contribution is -2.48. The van der Waals surface area contributed by atoms with E-state index in [1.807, 2.05) is 60.4 Å². The molecule has 4 atom stereocenters. The van der Waals surface area contributed by atoms with Crippen LogP contribution in [0.3, 0.4) is 0 Å². The Hall–Kier alpha value is -3.21. The van der Waals surface area contributed by atoms with E-state index in [2.05, 4.69) is 0 Å². The van der Waals surface area contributed by atoms with Crippen LogP contribution in [0.4, 0.5) is 11.4 Å². The molecule has 140 valence electrons. The van der Waals surface area contributed by atoms with E-state index >= 15 is 0 Å². The number of imide groups is 1. The smallest absolute Gasteiger partial charge is 0.240 e. The summed E-state index contributed by atoms with van der Waals surface area (Å²) in [4.78, 5) is 42.6. The van der Waals surface area contributed by atoms with Crippen molar-refractivity contribution in [1.29, 1.82) is 0 Å². The first-order valence-corrected chi connectivity index (χ1v) is 9.49. The van der Waals surface area contributed by atoms with Gasteiger partial charge in [-0.1, -0.05) is 48.0 Å². The van der Waals surface area contributed by atoms with Crippen LogP contribution in [0.15, 0.2) is 54.6 Å². The van der Waals surface area contributed by atoms with Gasteiger partial charge in [0, 0.05) is 5.69 Å². The molecule has 0 aliphatic carbocycles. The van der Waals surface area contributed by atoms with E-state index in [-0.39, 0.29) is 23.6 Å². The number of carbonyl (C=O) groups excluding carboxylic acids is 3. The van der Waals surface area contributed by atoms with Gasteiger partial charge >= 0.3 is 0 Å². The Morgan fingerprint density at radius 2 is 1.61 bits per heavy atom. The summed E-state index contributed by atoms with van der Waals surface area (Å²) in [6.45, 7) is 3.47. The van der Waals surface area contributed by atoms with E-state index in [4.69, 9.17) is 0 Å². The number of nitrogens with zero attached hydrogens (tertiary/aromatic N) is 2. The van der Waals surface area contributed by atoms with Gasteiger partial charge in [-0.3, -0.25) is 14.4 Å². The third kappa shape index (κ3) is 2.16. The molecule has 0 radical (unpaired) electrons. The maximum Gasteiger partial charge on any atom is 0.240 e. The van der Waals surface area contributed by atoms with Crippen molar-refractivity contribution in [3.05, 3.63) is 65.7 Å². The van der Waals surface area contributed by atoms with Gasteiger partial charge in [-0.25, -0.2) is 4.90 Å². The van der Waals surface area contributed by atoms with Crippen molar-refractivity contribution >= 4 is 35.0 Å². The number of rotatable bonds is 2. The van der Waals surface area contributed by atoms with Crippen LogP contribution in [0.25, 0.3) is 6.08 Å². The molecule has 28 heavy (non-hydrogen) atoms. The standard InChI is InChI=1S/C23H20N2O3/c1-13-7-10-16(11-8-13)24-22(27)19-18-12-9-15-5-3-4-6-17(15)25(18)21(14(2)26)20(19)23(24)28/h3-12,18-21H,1-2H3/t18-,19-,20-,21-/m1/s1. The van der Waals surface area contributed by atoms with Crippen molar-refractivity contribution < 1.29 is 14.4 Å². The quantitative estimate of drug-likeness (QED) is 0.761.